The maximum atomic E-state index is 13.5. The molecule has 50 heavy (non-hydrogen) atoms. The zero-order valence-electron chi connectivity index (χ0n) is 28.2. The van der Waals surface area contributed by atoms with Gasteiger partial charge in [-0.05, 0) is 112 Å². The van der Waals surface area contributed by atoms with Crippen LogP contribution in [0.2, 0.25) is 0 Å². The van der Waals surface area contributed by atoms with Crippen molar-refractivity contribution in [3.63, 3.8) is 0 Å². The fourth-order valence-electron chi connectivity index (χ4n) is 6.32. The molecule has 0 fully saturated rings. The monoisotopic (exact) mass is 689 g/mol. The molecule has 0 aliphatic rings. The molecule has 2 heterocycles. The van der Waals surface area contributed by atoms with Gasteiger partial charge < -0.3 is 27.7 Å². The van der Waals surface area contributed by atoms with Crippen LogP contribution in [-0.2, 0) is 22.3 Å². The van der Waals surface area contributed by atoms with Crippen molar-refractivity contribution in [2.24, 2.45) is 5.90 Å². The van der Waals surface area contributed by atoms with Crippen molar-refractivity contribution in [3.05, 3.63) is 96.1 Å². The summed E-state index contributed by atoms with van der Waals surface area (Å²) in [6.45, 7) is 10.2. The Balaban J connectivity index is 1.25. The van der Waals surface area contributed by atoms with E-state index in [1.807, 2.05) is 64.1 Å². The average molecular weight is 690 g/mol. The second kappa shape index (κ2) is 14.4. The standard InChI is InChI=1S/C38H36N5O6P/c1-5-42-35-21-29(45-7-3)17-19-31(35)33(23-39)37(42)25-9-13-27(14-10-25)47-50(44,49-41)48-28-15-11-26(12-16-28)38-34(24-40)32-20-18-30(46-8-4)22-36(32)43(38)6-2/h9-22H,5-8,41H2,1-4H3. The number of phosphoric acid groups is 1. The Bertz CT molecular complexity index is 2150. The van der Waals surface area contributed by atoms with Crippen LogP contribution in [0, 0.1) is 22.7 Å². The minimum atomic E-state index is -4.32. The summed E-state index contributed by atoms with van der Waals surface area (Å²) >= 11 is 0. The second-order valence-corrected chi connectivity index (χ2v) is 12.6. The molecule has 0 atom stereocenters. The maximum absolute atomic E-state index is 13.5. The Morgan fingerprint density at radius 2 is 1.00 bits per heavy atom. The van der Waals surface area contributed by atoms with Gasteiger partial charge in [0.25, 0.3) is 0 Å². The number of fused-ring (bicyclic) bond motifs is 2. The van der Waals surface area contributed by atoms with Crippen LogP contribution < -0.4 is 24.4 Å². The molecule has 4 aromatic carbocycles. The number of benzene rings is 4. The van der Waals surface area contributed by atoms with Gasteiger partial charge in [0.2, 0.25) is 0 Å². The van der Waals surface area contributed by atoms with Gasteiger partial charge in [0.15, 0.2) is 0 Å². The van der Waals surface area contributed by atoms with Crippen LogP contribution in [-0.4, -0.2) is 22.3 Å². The van der Waals surface area contributed by atoms with E-state index in [2.05, 4.69) is 21.3 Å². The average Bonchev–Trinajstić information content (AvgIpc) is 3.63. The van der Waals surface area contributed by atoms with Gasteiger partial charge in [-0.25, -0.2) is 10.5 Å². The minimum absolute atomic E-state index is 0.188. The number of nitrogens with zero attached hydrogens (tertiary/aromatic N) is 4. The Labute approximate surface area is 290 Å². The topological polar surface area (TPSA) is 147 Å². The molecule has 0 unspecified atom stereocenters. The number of aromatic nitrogens is 2. The van der Waals surface area contributed by atoms with Crippen LogP contribution in [0.1, 0.15) is 38.8 Å². The minimum Gasteiger partial charge on any atom is -0.494 e. The lowest BCUT2D eigenvalue weighted by Gasteiger charge is -2.17. The highest BCUT2D eigenvalue weighted by molar-refractivity contribution is 7.49. The van der Waals surface area contributed by atoms with Crippen LogP contribution in [0.15, 0.2) is 84.9 Å². The predicted octanol–water partition coefficient (Wildman–Crippen LogP) is 8.97. The Kier molecular flexibility index (Phi) is 9.85. The molecule has 0 saturated carbocycles. The van der Waals surface area contributed by atoms with E-state index < -0.39 is 7.82 Å². The number of phosphoric ester groups is 1. The smallest absolute Gasteiger partial charge is 0.494 e. The van der Waals surface area contributed by atoms with E-state index in [0.717, 1.165) is 55.8 Å². The van der Waals surface area contributed by atoms with E-state index in [1.165, 1.54) is 0 Å². The molecule has 6 aromatic rings. The largest absolute Gasteiger partial charge is 0.604 e. The third-order valence-electron chi connectivity index (χ3n) is 8.37. The molecule has 0 radical (unpaired) electrons. The lowest BCUT2D eigenvalue weighted by molar-refractivity contribution is 0.214. The predicted molar refractivity (Wildman–Crippen MR) is 192 cm³/mol. The molecule has 0 spiro atoms. The van der Waals surface area contributed by atoms with Crippen molar-refractivity contribution in [1.82, 2.24) is 9.13 Å². The third-order valence-corrected chi connectivity index (χ3v) is 9.50. The Morgan fingerprint density at radius 3 is 1.32 bits per heavy atom. The molecule has 0 aliphatic carbocycles. The zero-order valence-corrected chi connectivity index (χ0v) is 29.1. The summed E-state index contributed by atoms with van der Waals surface area (Å²) < 4.78 is 45.1. The molecule has 0 aliphatic heterocycles. The highest BCUT2D eigenvalue weighted by Crippen LogP contribution is 2.49. The lowest BCUT2D eigenvalue weighted by Crippen LogP contribution is -2.09. The summed E-state index contributed by atoms with van der Waals surface area (Å²) in [5.41, 5.74) is 5.88. The van der Waals surface area contributed by atoms with E-state index in [9.17, 15) is 15.1 Å². The molecular weight excluding hydrogens is 653 g/mol. The number of nitrogens with two attached hydrogens (primary N) is 1. The molecular formula is C38H36N5O6P. The number of aryl methyl sites for hydroxylation is 2. The molecule has 0 amide bonds. The Hall–Kier alpha value is -5.71. The first kappa shape index (κ1) is 34.2. The summed E-state index contributed by atoms with van der Waals surface area (Å²) in [6, 6.07) is 29.6. The summed E-state index contributed by atoms with van der Waals surface area (Å²) in [7, 11) is -4.32. The van der Waals surface area contributed by atoms with Crippen LogP contribution in [0.3, 0.4) is 0 Å². The van der Waals surface area contributed by atoms with Gasteiger partial charge in [-0.15, -0.1) is 0 Å². The van der Waals surface area contributed by atoms with Crippen molar-refractivity contribution in [3.8, 4) is 57.7 Å². The first-order valence-corrected chi connectivity index (χ1v) is 17.7. The van der Waals surface area contributed by atoms with Crippen molar-refractivity contribution in [2.45, 2.75) is 40.8 Å². The fourth-order valence-corrected chi connectivity index (χ4v) is 7.21. The number of nitriles is 2. The van der Waals surface area contributed by atoms with Crippen molar-refractivity contribution in [2.75, 3.05) is 13.2 Å². The van der Waals surface area contributed by atoms with Crippen LogP contribution >= 0.6 is 7.82 Å². The molecule has 2 N–H and O–H groups in total. The second-order valence-electron chi connectivity index (χ2n) is 11.2. The normalized spacial score (nSPS) is 11.3. The molecule has 0 bridgehead atoms. The van der Waals surface area contributed by atoms with E-state index in [4.69, 9.17) is 29.0 Å². The van der Waals surface area contributed by atoms with Gasteiger partial charge in [0, 0.05) is 36.0 Å². The number of hydrogen-bond donors (Lipinski definition) is 1. The third kappa shape index (κ3) is 6.26. The van der Waals surface area contributed by atoms with Crippen LogP contribution in [0.25, 0.3) is 44.3 Å². The van der Waals surface area contributed by atoms with Gasteiger partial charge in [-0.2, -0.15) is 15.1 Å². The van der Waals surface area contributed by atoms with Gasteiger partial charge in [0.05, 0.1) is 46.8 Å². The van der Waals surface area contributed by atoms with E-state index in [-0.39, 0.29) is 11.5 Å². The van der Waals surface area contributed by atoms with Crippen LogP contribution in [0.5, 0.6) is 23.0 Å². The first-order valence-electron chi connectivity index (χ1n) is 16.3. The SMILES string of the molecule is CCOc1ccc2c(C#N)c(-c3ccc(OP(=O)(ON)Oc4ccc(-c5c(C#N)c6ccc(OCC)cc6n5CC)cc4)cc3)n(CC)c2c1. The highest BCUT2D eigenvalue weighted by Gasteiger charge is 2.31. The molecule has 2 aromatic heterocycles. The van der Waals surface area contributed by atoms with Crippen molar-refractivity contribution < 1.29 is 27.7 Å². The zero-order chi connectivity index (χ0) is 35.4. The van der Waals surface area contributed by atoms with Crippen molar-refractivity contribution >= 4 is 29.6 Å². The van der Waals surface area contributed by atoms with E-state index in [1.54, 1.807) is 48.5 Å². The summed E-state index contributed by atoms with van der Waals surface area (Å²) in [5.74, 6) is 7.27. The van der Waals surface area contributed by atoms with E-state index in [0.29, 0.717) is 37.4 Å². The van der Waals surface area contributed by atoms with Gasteiger partial charge in [-0.1, -0.05) is 0 Å². The molecule has 254 valence electrons. The maximum Gasteiger partial charge on any atom is 0.604 e. The lowest BCUT2D eigenvalue weighted by atomic mass is 10.1. The molecule has 6 rings (SSSR count). The Morgan fingerprint density at radius 1 is 0.620 bits per heavy atom. The summed E-state index contributed by atoms with van der Waals surface area (Å²) in [5, 5.41) is 21.9. The van der Waals surface area contributed by atoms with E-state index >= 15 is 0 Å². The number of rotatable bonds is 13. The molecule has 12 heteroatoms. The molecule has 11 nitrogen and oxygen atoms in total. The van der Waals surface area contributed by atoms with Gasteiger partial charge in [-0.3, -0.25) is 0 Å². The summed E-state index contributed by atoms with van der Waals surface area (Å²) in [6.07, 6.45) is 0. The quantitative estimate of drug-likeness (QED) is 0.0927. The van der Waals surface area contributed by atoms with Gasteiger partial charge >= 0.3 is 7.82 Å². The van der Waals surface area contributed by atoms with Gasteiger partial charge in [0.1, 0.15) is 35.1 Å². The number of hydrogen-bond acceptors (Lipinski definition) is 9. The summed E-state index contributed by atoms with van der Waals surface area (Å²) in [4.78, 5) is 0. The highest BCUT2D eigenvalue weighted by atomic mass is 31.2. The van der Waals surface area contributed by atoms with Crippen molar-refractivity contribution in [1.29, 1.82) is 10.5 Å². The number of ether oxygens (including phenoxy) is 2. The fraction of sp³-hybridized carbons (Fsp3) is 0.211. The first-order chi connectivity index (χ1) is 24.3. The van der Waals surface area contributed by atoms with Crippen LogP contribution in [0.4, 0.5) is 0 Å². The molecule has 0 saturated heterocycles.